The summed E-state index contributed by atoms with van der Waals surface area (Å²) >= 11 is 0. The maximum absolute atomic E-state index is 12.2. The first kappa shape index (κ1) is 19.5. The second kappa shape index (κ2) is 9.02. The lowest BCUT2D eigenvalue weighted by Gasteiger charge is -2.19. The molecule has 25 heavy (non-hydrogen) atoms. The summed E-state index contributed by atoms with van der Waals surface area (Å²) in [6, 6.07) is 8.00. The van der Waals surface area contributed by atoms with E-state index in [9.17, 15) is 9.59 Å². The molecule has 1 aliphatic rings. The van der Waals surface area contributed by atoms with Gasteiger partial charge in [-0.2, -0.15) is 0 Å². The van der Waals surface area contributed by atoms with Crippen LogP contribution in [0.4, 0.5) is 0 Å². The highest BCUT2D eigenvalue weighted by Gasteiger charge is 2.16. The molecule has 0 saturated heterocycles. The Labute approximate surface area is 151 Å². The summed E-state index contributed by atoms with van der Waals surface area (Å²) in [6.07, 6.45) is 7.45. The highest BCUT2D eigenvalue weighted by Crippen LogP contribution is 2.22. The molecule has 138 valence electrons. The number of rotatable bonds is 5. The Balaban J connectivity index is 1.73. The van der Waals surface area contributed by atoms with E-state index in [-0.39, 0.29) is 17.2 Å². The maximum Gasteiger partial charge on any atom is 0.251 e. The highest BCUT2D eigenvalue weighted by atomic mass is 16.2. The van der Waals surface area contributed by atoms with Crippen molar-refractivity contribution in [2.45, 2.75) is 77.2 Å². The van der Waals surface area contributed by atoms with Crippen molar-refractivity contribution in [1.29, 1.82) is 0 Å². The van der Waals surface area contributed by atoms with Gasteiger partial charge < -0.3 is 10.6 Å². The van der Waals surface area contributed by atoms with Gasteiger partial charge in [-0.25, -0.2) is 0 Å². The Morgan fingerprint density at radius 1 is 1.00 bits per heavy atom. The van der Waals surface area contributed by atoms with Gasteiger partial charge in [-0.05, 0) is 36.0 Å². The number of carbonyl (C=O) groups is 2. The fraction of sp³-hybridized carbons (Fsp3) is 0.619. The third-order valence-corrected chi connectivity index (χ3v) is 4.87. The van der Waals surface area contributed by atoms with Gasteiger partial charge in [-0.1, -0.05) is 58.6 Å². The molecule has 0 aromatic heterocycles. The van der Waals surface area contributed by atoms with Crippen LogP contribution in [0, 0.1) is 0 Å². The van der Waals surface area contributed by atoms with Crippen molar-refractivity contribution in [3.63, 3.8) is 0 Å². The molecule has 1 aliphatic carbocycles. The molecule has 0 atom stereocenters. The summed E-state index contributed by atoms with van der Waals surface area (Å²) in [5.74, 6) is -0.0852. The van der Waals surface area contributed by atoms with E-state index in [0.717, 1.165) is 12.8 Å². The van der Waals surface area contributed by atoms with Crippen LogP contribution in [0.25, 0.3) is 0 Å². The first-order valence-corrected chi connectivity index (χ1v) is 9.54. The third-order valence-electron chi connectivity index (χ3n) is 4.87. The Morgan fingerprint density at radius 3 is 2.16 bits per heavy atom. The molecule has 0 heterocycles. The van der Waals surface area contributed by atoms with Crippen molar-refractivity contribution in [2.75, 3.05) is 6.54 Å². The molecule has 2 N–H and O–H groups in total. The fourth-order valence-electron chi connectivity index (χ4n) is 3.24. The minimum atomic E-state index is -0.122. The molecule has 1 fully saturated rings. The van der Waals surface area contributed by atoms with Crippen LogP contribution >= 0.6 is 0 Å². The van der Waals surface area contributed by atoms with Crippen LogP contribution in [0.1, 0.15) is 81.6 Å². The smallest absolute Gasteiger partial charge is 0.251 e. The molecule has 0 unspecified atom stereocenters. The molecule has 1 saturated carbocycles. The quantitative estimate of drug-likeness (QED) is 0.795. The molecule has 2 rings (SSSR count). The van der Waals surface area contributed by atoms with Crippen LogP contribution in [-0.2, 0) is 10.2 Å². The monoisotopic (exact) mass is 344 g/mol. The molecule has 0 bridgehead atoms. The van der Waals surface area contributed by atoms with Gasteiger partial charge >= 0.3 is 0 Å². The van der Waals surface area contributed by atoms with Crippen LogP contribution in [0.15, 0.2) is 24.3 Å². The van der Waals surface area contributed by atoms with Gasteiger partial charge in [-0.3, -0.25) is 9.59 Å². The molecular formula is C21H32N2O2. The number of hydrogen-bond acceptors (Lipinski definition) is 2. The van der Waals surface area contributed by atoms with Gasteiger partial charge in [-0.15, -0.1) is 0 Å². The Hall–Kier alpha value is -1.84. The van der Waals surface area contributed by atoms with Gasteiger partial charge in [0.05, 0.1) is 0 Å². The lowest BCUT2D eigenvalue weighted by atomic mass is 9.87. The number of carbonyl (C=O) groups excluding carboxylic acids is 2. The van der Waals surface area contributed by atoms with Crippen LogP contribution in [0.3, 0.4) is 0 Å². The van der Waals surface area contributed by atoms with Crippen LogP contribution in [0.5, 0.6) is 0 Å². The molecule has 0 radical (unpaired) electrons. The van der Waals surface area contributed by atoms with E-state index in [4.69, 9.17) is 0 Å². The van der Waals surface area contributed by atoms with E-state index in [1.54, 1.807) is 0 Å². The maximum atomic E-state index is 12.2. The molecule has 2 amide bonds. The minimum absolute atomic E-state index is 0.0373. The van der Waals surface area contributed by atoms with Crippen molar-refractivity contribution in [3.8, 4) is 0 Å². The van der Waals surface area contributed by atoms with Gasteiger partial charge in [0.2, 0.25) is 5.91 Å². The molecule has 4 heteroatoms. The number of hydrogen-bond donors (Lipinski definition) is 2. The lowest BCUT2D eigenvalue weighted by Crippen LogP contribution is -2.36. The summed E-state index contributed by atoms with van der Waals surface area (Å²) < 4.78 is 0. The Morgan fingerprint density at radius 2 is 1.60 bits per heavy atom. The molecular weight excluding hydrogens is 312 g/mol. The number of benzene rings is 1. The van der Waals surface area contributed by atoms with Gasteiger partial charge in [0.25, 0.3) is 5.91 Å². The predicted octanol–water partition coefficient (Wildman–Crippen LogP) is 3.94. The van der Waals surface area contributed by atoms with E-state index < -0.39 is 0 Å². The molecule has 4 nitrogen and oxygen atoms in total. The topological polar surface area (TPSA) is 58.2 Å². The summed E-state index contributed by atoms with van der Waals surface area (Å²) in [4.78, 5) is 24.2. The largest absolute Gasteiger partial charge is 0.353 e. The van der Waals surface area contributed by atoms with Crippen molar-refractivity contribution < 1.29 is 9.59 Å². The average molecular weight is 344 g/mol. The molecule has 0 spiro atoms. The van der Waals surface area contributed by atoms with Crippen LogP contribution < -0.4 is 10.6 Å². The van der Waals surface area contributed by atoms with Crippen molar-refractivity contribution >= 4 is 11.8 Å². The van der Waals surface area contributed by atoms with Gasteiger partial charge in [0, 0.05) is 24.6 Å². The predicted molar refractivity (Wildman–Crippen MR) is 102 cm³/mol. The first-order valence-electron chi connectivity index (χ1n) is 9.54. The molecule has 1 aromatic rings. The fourth-order valence-corrected chi connectivity index (χ4v) is 3.24. The van der Waals surface area contributed by atoms with E-state index in [0.29, 0.717) is 24.6 Å². The highest BCUT2D eigenvalue weighted by molar-refractivity contribution is 5.94. The Kier molecular flexibility index (Phi) is 7.03. The second-order valence-corrected chi connectivity index (χ2v) is 8.09. The number of nitrogens with one attached hydrogen (secondary N) is 2. The minimum Gasteiger partial charge on any atom is -0.353 e. The zero-order valence-corrected chi connectivity index (χ0v) is 15.9. The zero-order chi connectivity index (χ0) is 18.3. The SMILES string of the molecule is CC(C)(C)c1ccc(C(=O)NCCC(=O)NC2CCCCCC2)cc1. The standard InChI is InChI=1S/C21H32N2O2/c1-21(2,3)17-12-10-16(11-13-17)20(25)22-15-14-19(24)23-18-8-6-4-5-7-9-18/h10-13,18H,4-9,14-15H2,1-3H3,(H,22,25)(H,23,24). The summed E-state index contributed by atoms with van der Waals surface area (Å²) in [5.41, 5.74) is 1.91. The molecule has 1 aromatic carbocycles. The summed E-state index contributed by atoms with van der Waals surface area (Å²) in [5, 5.41) is 5.94. The number of amides is 2. The molecule has 0 aliphatic heterocycles. The normalized spacial score (nSPS) is 16.1. The average Bonchev–Trinajstić information content (AvgIpc) is 2.82. The lowest BCUT2D eigenvalue weighted by molar-refractivity contribution is -0.121. The van der Waals surface area contributed by atoms with Crippen molar-refractivity contribution in [1.82, 2.24) is 10.6 Å². The zero-order valence-electron chi connectivity index (χ0n) is 15.9. The Bertz CT molecular complexity index is 565. The van der Waals surface area contributed by atoms with E-state index in [1.807, 2.05) is 24.3 Å². The van der Waals surface area contributed by atoms with Gasteiger partial charge in [0.1, 0.15) is 0 Å². The van der Waals surface area contributed by atoms with E-state index in [1.165, 1.54) is 31.2 Å². The van der Waals surface area contributed by atoms with Crippen molar-refractivity contribution in [2.24, 2.45) is 0 Å². The van der Waals surface area contributed by atoms with Gasteiger partial charge in [0.15, 0.2) is 0 Å². The van der Waals surface area contributed by atoms with Crippen LogP contribution in [-0.4, -0.2) is 24.4 Å². The first-order chi connectivity index (χ1) is 11.9. The van der Waals surface area contributed by atoms with Crippen LogP contribution in [0.2, 0.25) is 0 Å². The second-order valence-electron chi connectivity index (χ2n) is 8.09. The third kappa shape index (κ3) is 6.52. The summed E-state index contributed by atoms with van der Waals surface area (Å²) in [7, 11) is 0. The van der Waals surface area contributed by atoms with Crippen molar-refractivity contribution in [3.05, 3.63) is 35.4 Å². The summed E-state index contributed by atoms with van der Waals surface area (Å²) in [6.45, 7) is 6.82. The van der Waals surface area contributed by atoms with E-state index in [2.05, 4.69) is 31.4 Å². The van der Waals surface area contributed by atoms with E-state index >= 15 is 0 Å².